The lowest BCUT2D eigenvalue weighted by Crippen LogP contribution is -2.25. The summed E-state index contributed by atoms with van der Waals surface area (Å²) in [6, 6.07) is 14.2. The summed E-state index contributed by atoms with van der Waals surface area (Å²) in [6.45, 7) is 0.371. The molecule has 24 heavy (non-hydrogen) atoms. The molecule has 3 aromatic rings. The van der Waals surface area contributed by atoms with E-state index >= 15 is 0 Å². The zero-order valence-electron chi connectivity index (χ0n) is 12.5. The Labute approximate surface area is 148 Å². The molecule has 3 rings (SSSR count). The molecule has 0 bridgehead atoms. The lowest BCUT2D eigenvalue weighted by molar-refractivity contribution is 0.0953. The minimum absolute atomic E-state index is 0.239. The number of rotatable bonds is 5. The van der Waals surface area contributed by atoms with E-state index in [1.165, 1.54) is 6.07 Å². The molecule has 1 N–H and O–H groups in total. The van der Waals surface area contributed by atoms with Crippen molar-refractivity contribution in [3.63, 3.8) is 0 Å². The molecule has 1 aromatic heterocycles. The Kier molecular flexibility index (Phi) is 5.13. The van der Waals surface area contributed by atoms with Gasteiger partial charge < -0.3 is 9.73 Å². The van der Waals surface area contributed by atoms with Crippen LogP contribution in [0.5, 0.6) is 0 Å². The normalized spacial score (nSPS) is 10.6. The van der Waals surface area contributed by atoms with Crippen LogP contribution in [-0.2, 0) is 6.42 Å². The number of halogens is 2. The van der Waals surface area contributed by atoms with E-state index in [4.69, 9.17) is 27.6 Å². The first-order valence-corrected chi connectivity index (χ1v) is 8.00. The second kappa shape index (κ2) is 7.47. The van der Waals surface area contributed by atoms with Crippen LogP contribution in [0.2, 0.25) is 10.0 Å². The second-order valence-corrected chi connectivity index (χ2v) is 5.82. The Bertz CT molecular complexity index is 850. The van der Waals surface area contributed by atoms with Gasteiger partial charge in [-0.3, -0.25) is 4.79 Å². The van der Waals surface area contributed by atoms with E-state index in [1.54, 1.807) is 12.1 Å². The van der Waals surface area contributed by atoms with Crippen LogP contribution in [0.15, 0.2) is 52.9 Å². The highest BCUT2D eigenvalue weighted by atomic mass is 35.5. The first-order chi connectivity index (χ1) is 11.6. The molecule has 0 saturated carbocycles. The Morgan fingerprint density at radius 3 is 2.58 bits per heavy atom. The van der Waals surface area contributed by atoms with Crippen LogP contribution in [0.3, 0.4) is 0 Å². The fourth-order valence-electron chi connectivity index (χ4n) is 2.07. The molecule has 2 aromatic carbocycles. The van der Waals surface area contributed by atoms with Gasteiger partial charge in [0.05, 0.1) is 10.0 Å². The van der Waals surface area contributed by atoms with Crippen molar-refractivity contribution < 1.29 is 9.21 Å². The number of benzene rings is 2. The molecule has 0 saturated heterocycles. The largest absolute Gasteiger partial charge is 0.421 e. The predicted molar refractivity (Wildman–Crippen MR) is 92.2 cm³/mol. The summed E-state index contributed by atoms with van der Waals surface area (Å²) in [5.41, 5.74) is 1.30. The van der Waals surface area contributed by atoms with Crippen LogP contribution in [0.4, 0.5) is 0 Å². The molecule has 122 valence electrons. The standard InChI is InChI=1S/C17H13Cl2N3O2/c18-13-7-6-12(10-14(13)19)16(23)20-9-8-15-21-22-17(24-15)11-4-2-1-3-5-11/h1-7,10H,8-9H2,(H,20,23). The first-order valence-electron chi connectivity index (χ1n) is 7.24. The SMILES string of the molecule is O=C(NCCc1nnc(-c2ccccc2)o1)c1ccc(Cl)c(Cl)c1. The number of aromatic nitrogens is 2. The molecule has 7 heteroatoms. The van der Waals surface area contributed by atoms with E-state index in [0.717, 1.165) is 5.56 Å². The Hall–Kier alpha value is -2.37. The highest BCUT2D eigenvalue weighted by Crippen LogP contribution is 2.22. The maximum atomic E-state index is 12.0. The average molecular weight is 362 g/mol. The molecule has 0 fully saturated rings. The Morgan fingerprint density at radius 2 is 1.83 bits per heavy atom. The average Bonchev–Trinajstić information content (AvgIpc) is 3.07. The number of nitrogens with one attached hydrogen (secondary N) is 1. The lowest BCUT2D eigenvalue weighted by atomic mass is 10.2. The van der Waals surface area contributed by atoms with Crippen molar-refractivity contribution in [1.82, 2.24) is 15.5 Å². The van der Waals surface area contributed by atoms with Gasteiger partial charge in [0.1, 0.15) is 0 Å². The van der Waals surface area contributed by atoms with Gasteiger partial charge in [0.15, 0.2) is 0 Å². The van der Waals surface area contributed by atoms with Crippen molar-refractivity contribution in [3.05, 3.63) is 70.0 Å². The van der Waals surface area contributed by atoms with Crippen LogP contribution in [-0.4, -0.2) is 22.6 Å². The third kappa shape index (κ3) is 3.93. The minimum Gasteiger partial charge on any atom is -0.421 e. The van der Waals surface area contributed by atoms with Gasteiger partial charge in [-0.05, 0) is 30.3 Å². The molecule has 1 heterocycles. The maximum absolute atomic E-state index is 12.0. The number of hydrogen-bond acceptors (Lipinski definition) is 4. The quantitative estimate of drug-likeness (QED) is 0.745. The van der Waals surface area contributed by atoms with E-state index in [2.05, 4.69) is 15.5 Å². The number of nitrogens with zero attached hydrogens (tertiary/aromatic N) is 2. The fraction of sp³-hybridized carbons (Fsp3) is 0.118. The van der Waals surface area contributed by atoms with Gasteiger partial charge in [-0.2, -0.15) is 0 Å². The molecule has 0 radical (unpaired) electrons. The Balaban J connectivity index is 1.56. The van der Waals surface area contributed by atoms with Crippen LogP contribution < -0.4 is 5.32 Å². The number of carbonyl (C=O) groups excluding carboxylic acids is 1. The summed E-state index contributed by atoms with van der Waals surface area (Å²) in [6.07, 6.45) is 0.437. The molecule has 1 amide bonds. The van der Waals surface area contributed by atoms with Gasteiger partial charge in [-0.15, -0.1) is 10.2 Å². The van der Waals surface area contributed by atoms with Crippen molar-refractivity contribution in [3.8, 4) is 11.5 Å². The smallest absolute Gasteiger partial charge is 0.251 e. The van der Waals surface area contributed by atoms with E-state index in [9.17, 15) is 4.79 Å². The van der Waals surface area contributed by atoms with Gasteiger partial charge in [0.2, 0.25) is 11.8 Å². The van der Waals surface area contributed by atoms with Gasteiger partial charge >= 0.3 is 0 Å². The molecular formula is C17H13Cl2N3O2. The summed E-state index contributed by atoms with van der Waals surface area (Å²) < 4.78 is 5.58. The van der Waals surface area contributed by atoms with Crippen molar-refractivity contribution in [2.24, 2.45) is 0 Å². The van der Waals surface area contributed by atoms with E-state index in [1.807, 2.05) is 30.3 Å². The van der Waals surface area contributed by atoms with E-state index in [0.29, 0.717) is 40.4 Å². The highest BCUT2D eigenvalue weighted by Gasteiger charge is 2.10. The van der Waals surface area contributed by atoms with Gasteiger partial charge in [-0.25, -0.2) is 0 Å². The highest BCUT2D eigenvalue weighted by molar-refractivity contribution is 6.42. The zero-order valence-corrected chi connectivity index (χ0v) is 14.0. The first kappa shape index (κ1) is 16.5. The van der Waals surface area contributed by atoms with Crippen LogP contribution in [0.1, 0.15) is 16.2 Å². The molecule has 0 aliphatic rings. The summed E-state index contributed by atoms with van der Waals surface area (Å²) in [5.74, 6) is 0.682. The van der Waals surface area contributed by atoms with E-state index in [-0.39, 0.29) is 5.91 Å². The van der Waals surface area contributed by atoms with Gasteiger partial charge in [0.25, 0.3) is 5.91 Å². The summed E-state index contributed by atoms with van der Waals surface area (Å²) in [4.78, 5) is 12.0. The molecular weight excluding hydrogens is 349 g/mol. The van der Waals surface area contributed by atoms with Gasteiger partial charge in [0, 0.05) is 24.1 Å². The van der Waals surface area contributed by atoms with E-state index < -0.39 is 0 Å². The molecule has 5 nitrogen and oxygen atoms in total. The maximum Gasteiger partial charge on any atom is 0.251 e. The number of amides is 1. The van der Waals surface area contributed by atoms with Crippen molar-refractivity contribution in [1.29, 1.82) is 0 Å². The number of hydrogen-bond donors (Lipinski definition) is 1. The Morgan fingerprint density at radius 1 is 1.04 bits per heavy atom. The second-order valence-electron chi connectivity index (χ2n) is 5.00. The molecule has 0 spiro atoms. The summed E-state index contributed by atoms with van der Waals surface area (Å²) in [7, 11) is 0. The minimum atomic E-state index is -0.239. The zero-order chi connectivity index (χ0) is 16.9. The molecule has 0 atom stereocenters. The number of carbonyl (C=O) groups is 1. The third-order valence-corrected chi connectivity index (χ3v) is 4.03. The van der Waals surface area contributed by atoms with Crippen LogP contribution >= 0.6 is 23.2 Å². The fourth-order valence-corrected chi connectivity index (χ4v) is 2.37. The van der Waals surface area contributed by atoms with Crippen molar-refractivity contribution in [2.45, 2.75) is 6.42 Å². The van der Waals surface area contributed by atoms with Crippen LogP contribution in [0, 0.1) is 0 Å². The van der Waals surface area contributed by atoms with Crippen LogP contribution in [0.25, 0.3) is 11.5 Å². The van der Waals surface area contributed by atoms with Crippen molar-refractivity contribution >= 4 is 29.1 Å². The van der Waals surface area contributed by atoms with Gasteiger partial charge in [-0.1, -0.05) is 41.4 Å². The molecule has 0 unspecified atom stereocenters. The molecule has 0 aliphatic heterocycles. The summed E-state index contributed by atoms with van der Waals surface area (Å²) >= 11 is 11.7. The lowest BCUT2D eigenvalue weighted by Gasteiger charge is -2.04. The predicted octanol–water partition coefficient (Wildman–Crippen LogP) is 4.02. The monoisotopic (exact) mass is 361 g/mol. The molecule has 0 aliphatic carbocycles. The third-order valence-electron chi connectivity index (χ3n) is 3.29. The topological polar surface area (TPSA) is 68.0 Å². The summed E-state index contributed by atoms with van der Waals surface area (Å²) in [5, 5.41) is 11.5. The van der Waals surface area contributed by atoms with Crippen molar-refractivity contribution in [2.75, 3.05) is 6.54 Å².